The average Bonchev–Trinajstić information content (AvgIpc) is 3.43. The largest absolute Gasteiger partial charge is 0.339 e. The van der Waals surface area contributed by atoms with E-state index in [4.69, 9.17) is 0 Å². The number of nitrogens with one attached hydrogen (secondary N) is 1. The Kier molecular flexibility index (Phi) is 4.94. The van der Waals surface area contributed by atoms with Crippen molar-refractivity contribution < 1.29 is 8.42 Å². The van der Waals surface area contributed by atoms with Crippen molar-refractivity contribution >= 4 is 48.5 Å². The lowest BCUT2D eigenvalue weighted by atomic mass is 10.1. The highest BCUT2D eigenvalue weighted by Crippen LogP contribution is 2.33. The fourth-order valence-corrected chi connectivity index (χ4v) is 5.67. The maximum Gasteiger partial charge on any atom is 0.229 e. The third kappa shape index (κ3) is 3.34. The Labute approximate surface area is 189 Å². The number of sulfone groups is 1. The summed E-state index contributed by atoms with van der Waals surface area (Å²) in [5, 5.41) is 13.3. The lowest BCUT2D eigenvalue weighted by molar-refractivity contribution is 0.592. The first kappa shape index (κ1) is 20.6. The first-order valence-corrected chi connectivity index (χ1v) is 12.6. The molecule has 9 heteroatoms. The second-order valence-electron chi connectivity index (χ2n) is 7.65. The summed E-state index contributed by atoms with van der Waals surface area (Å²) in [5.41, 5.74) is 4.98. The topological polar surface area (TPSA) is 89.2 Å². The van der Waals surface area contributed by atoms with Crippen LogP contribution in [-0.4, -0.2) is 28.2 Å². The summed E-state index contributed by atoms with van der Waals surface area (Å²) in [7, 11) is -3.89. The van der Waals surface area contributed by atoms with Gasteiger partial charge in [0.1, 0.15) is 0 Å². The number of thiophene rings is 1. The minimum atomic E-state index is -3.89. The molecule has 0 saturated heterocycles. The Morgan fingerprint density at radius 1 is 1.03 bits per heavy atom. The van der Waals surface area contributed by atoms with Gasteiger partial charge in [-0.2, -0.15) is 4.52 Å². The molecule has 0 amide bonds. The third-order valence-corrected chi connectivity index (χ3v) is 8.15. The van der Waals surface area contributed by atoms with E-state index in [0.717, 1.165) is 33.5 Å². The summed E-state index contributed by atoms with van der Waals surface area (Å²) in [6.07, 6.45) is 0.959. The van der Waals surface area contributed by atoms with Crippen molar-refractivity contribution in [1.29, 1.82) is 0 Å². The molecule has 5 aromatic rings. The molecule has 1 N–H and O–H groups in total. The lowest BCUT2D eigenvalue weighted by Crippen LogP contribution is -2.06. The summed E-state index contributed by atoms with van der Waals surface area (Å²) in [4.78, 5) is 4.84. The van der Waals surface area contributed by atoms with Crippen LogP contribution in [0.1, 0.15) is 23.6 Å². The molecule has 0 atom stereocenters. The number of aromatic nitrogens is 4. The molecule has 2 aromatic carbocycles. The van der Waals surface area contributed by atoms with E-state index >= 15 is 0 Å². The van der Waals surface area contributed by atoms with E-state index in [-0.39, 0.29) is 15.6 Å². The Hall–Kier alpha value is -3.30. The molecule has 0 aliphatic rings. The van der Waals surface area contributed by atoms with Gasteiger partial charge in [-0.25, -0.2) is 13.4 Å². The number of aryl methyl sites for hydroxylation is 3. The predicted molar refractivity (Wildman–Crippen MR) is 127 cm³/mol. The normalized spacial score (nSPS) is 12.0. The molecule has 5 rings (SSSR count). The van der Waals surface area contributed by atoms with Crippen molar-refractivity contribution in [2.24, 2.45) is 0 Å². The molecule has 0 aliphatic heterocycles. The van der Waals surface area contributed by atoms with Crippen molar-refractivity contribution in [2.45, 2.75) is 37.1 Å². The van der Waals surface area contributed by atoms with Gasteiger partial charge in [-0.05, 0) is 72.7 Å². The highest BCUT2D eigenvalue weighted by atomic mass is 32.2. The lowest BCUT2D eigenvalue weighted by Gasteiger charge is -2.09. The van der Waals surface area contributed by atoms with Crippen molar-refractivity contribution in [3.63, 3.8) is 0 Å². The van der Waals surface area contributed by atoms with E-state index < -0.39 is 9.84 Å². The quantitative estimate of drug-likeness (QED) is 0.390. The smallest absolute Gasteiger partial charge is 0.229 e. The zero-order chi connectivity index (χ0) is 22.5. The standard InChI is InChI=1S/C23H21N5O2S2/c1-4-16-6-8-17(9-7-16)24-21-20-19(11-12-31-20)28-22(25-21)23(26-27-28)32(29,30)18-10-5-14(2)15(3)13-18/h5-13H,4H2,1-3H3,(H,24,25). The molecule has 3 heterocycles. The van der Waals surface area contributed by atoms with Crippen LogP contribution in [0.3, 0.4) is 0 Å². The predicted octanol–water partition coefficient (Wildman–Crippen LogP) is 5.09. The number of hydrogen-bond acceptors (Lipinski definition) is 7. The van der Waals surface area contributed by atoms with Crippen molar-refractivity contribution in [3.05, 3.63) is 70.6 Å². The van der Waals surface area contributed by atoms with Gasteiger partial charge in [-0.1, -0.05) is 30.3 Å². The molecular weight excluding hydrogens is 442 g/mol. The Morgan fingerprint density at radius 2 is 1.81 bits per heavy atom. The Morgan fingerprint density at radius 3 is 2.53 bits per heavy atom. The zero-order valence-electron chi connectivity index (χ0n) is 17.8. The molecule has 0 spiro atoms. The highest BCUT2D eigenvalue weighted by molar-refractivity contribution is 7.91. The van der Waals surface area contributed by atoms with Gasteiger partial charge in [-0.15, -0.1) is 16.4 Å². The Balaban J connectivity index is 1.67. The van der Waals surface area contributed by atoms with E-state index in [9.17, 15) is 8.42 Å². The fourth-order valence-electron chi connectivity index (χ4n) is 3.54. The molecule has 3 aromatic heterocycles. The molecular formula is C23H21N5O2S2. The third-order valence-electron chi connectivity index (χ3n) is 5.59. The SMILES string of the molecule is CCc1ccc(Nc2nc3c(S(=O)(=O)c4ccc(C)c(C)c4)nnn3c3ccsc23)cc1. The number of anilines is 2. The minimum Gasteiger partial charge on any atom is -0.339 e. The molecule has 0 saturated carbocycles. The van der Waals surface area contributed by atoms with Gasteiger partial charge in [0.2, 0.25) is 14.9 Å². The van der Waals surface area contributed by atoms with Crippen LogP contribution in [-0.2, 0) is 16.3 Å². The zero-order valence-corrected chi connectivity index (χ0v) is 19.5. The van der Waals surface area contributed by atoms with E-state index in [1.165, 1.54) is 21.4 Å². The first-order valence-electron chi connectivity index (χ1n) is 10.2. The summed E-state index contributed by atoms with van der Waals surface area (Å²) in [5.74, 6) is 0.575. The van der Waals surface area contributed by atoms with Crippen molar-refractivity contribution in [2.75, 3.05) is 5.32 Å². The van der Waals surface area contributed by atoms with Crippen LogP contribution in [0.4, 0.5) is 11.5 Å². The van der Waals surface area contributed by atoms with Gasteiger partial charge in [0, 0.05) is 5.69 Å². The van der Waals surface area contributed by atoms with Crippen molar-refractivity contribution in [3.8, 4) is 0 Å². The summed E-state index contributed by atoms with van der Waals surface area (Å²) in [6.45, 7) is 5.94. The molecule has 162 valence electrons. The Bertz CT molecular complexity index is 1570. The van der Waals surface area contributed by atoms with Gasteiger partial charge in [0.25, 0.3) is 0 Å². The molecule has 0 aliphatic carbocycles. The second kappa shape index (κ2) is 7.68. The minimum absolute atomic E-state index is 0.154. The van der Waals surface area contributed by atoms with Gasteiger partial charge in [-0.3, -0.25) is 0 Å². The maximum absolute atomic E-state index is 13.4. The summed E-state index contributed by atoms with van der Waals surface area (Å²) < 4.78 is 29.2. The highest BCUT2D eigenvalue weighted by Gasteiger charge is 2.27. The van der Waals surface area contributed by atoms with Crippen LogP contribution in [0.5, 0.6) is 0 Å². The van der Waals surface area contributed by atoms with Crippen LogP contribution >= 0.6 is 11.3 Å². The molecule has 0 fully saturated rings. The molecule has 0 unspecified atom stereocenters. The number of fused-ring (bicyclic) bond motifs is 3. The van der Waals surface area contributed by atoms with E-state index in [1.54, 1.807) is 18.2 Å². The van der Waals surface area contributed by atoms with Crippen LogP contribution in [0.2, 0.25) is 0 Å². The number of benzene rings is 2. The first-order chi connectivity index (χ1) is 15.4. The second-order valence-corrected chi connectivity index (χ2v) is 10.4. The van der Waals surface area contributed by atoms with Gasteiger partial charge >= 0.3 is 0 Å². The van der Waals surface area contributed by atoms with Gasteiger partial charge in [0.05, 0.1) is 15.1 Å². The molecule has 0 bridgehead atoms. The molecule has 0 radical (unpaired) electrons. The van der Waals surface area contributed by atoms with Crippen LogP contribution in [0, 0.1) is 13.8 Å². The van der Waals surface area contributed by atoms with Crippen LogP contribution in [0.15, 0.2) is 63.8 Å². The number of rotatable bonds is 5. The van der Waals surface area contributed by atoms with E-state index in [2.05, 4.69) is 39.7 Å². The average molecular weight is 464 g/mol. The molecule has 32 heavy (non-hydrogen) atoms. The maximum atomic E-state index is 13.4. The van der Waals surface area contributed by atoms with Crippen LogP contribution in [0.25, 0.3) is 15.9 Å². The fraction of sp³-hybridized carbons (Fsp3) is 0.174. The van der Waals surface area contributed by atoms with Gasteiger partial charge in [0.15, 0.2) is 11.5 Å². The summed E-state index contributed by atoms with van der Waals surface area (Å²) >= 11 is 1.51. The number of hydrogen-bond donors (Lipinski definition) is 1. The van der Waals surface area contributed by atoms with Crippen LogP contribution < -0.4 is 5.32 Å². The van der Waals surface area contributed by atoms with E-state index in [0.29, 0.717) is 5.82 Å². The van der Waals surface area contributed by atoms with Crippen molar-refractivity contribution in [1.82, 2.24) is 19.8 Å². The summed E-state index contributed by atoms with van der Waals surface area (Å²) in [6, 6.07) is 15.0. The molecule has 7 nitrogen and oxygen atoms in total. The van der Waals surface area contributed by atoms with E-state index in [1.807, 2.05) is 37.4 Å². The number of nitrogens with zero attached hydrogens (tertiary/aromatic N) is 4. The monoisotopic (exact) mass is 463 g/mol. The van der Waals surface area contributed by atoms with Gasteiger partial charge < -0.3 is 5.32 Å².